The summed E-state index contributed by atoms with van der Waals surface area (Å²) in [6, 6.07) is 14.2. The first-order valence-electron chi connectivity index (χ1n) is 7.89. The molecule has 0 aromatic heterocycles. The van der Waals surface area contributed by atoms with Crippen LogP contribution in [0.1, 0.15) is 11.6 Å². The molecule has 0 amide bonds. The predicted molar refractivity (Wildman–Crippen MR) is 104 cm³/mol. The van der Waals surface area contributed by atoms with Gasteiger partial charge in [-0.15, -0.1) is 0 Å². The van der Waals surface area contributed by atoms with Gasteiger partial charge in [0.15, 0.2) is 0 Å². The fourth-order valence-electron chi connectivity index (χ4n) is 2.48. The quantitative estimate of drug-likeness (QED) is 0.801. The lowest BCUT2D eigenvalue weighted by Crippen LogP contribution is -2.34. The third-order valence-corrected chi connectivity index (χ3v) is 5.70. The first-order chi connectivity index (χ1) is 11.7. The first-order valence-corrected chi connectivity index (χ1v) is 9.76. The van der Waals surface area contributed by atoms with Gasteiger partial charge in [-0.2, -0.15) is 0 Å². The molecule has 2 aromatic carbocycles. The number of rotatable bonds is 7. The van der Waals surface area contributed by atoms with Crippen molar-refractivity contribution in [2.24, 2.45) is 0 Å². The second-order valence-corrected chi connectivity index (χ2v) is 8.47. The molecule has 0 aliphatic carbocycles. The van der Waals surface area contributed by atoms with Crippen LogP contribution < -0.4 is 9.62 Å². The highest BCUT2D eigenvalue weighted by atomic mass is 35.5. The highest BCUT2D eigenvalue weighted by Gasteiger charge is 2.19. The van der Waals surface area contributed by atoms with E-state index in [4.69, 9.17) is 11.6 Å². The smallest absolute Gasteiger partial charge is 0.240 e. The Kier molecular flexibility index (Phi) is 6.46. The molecule has 0 bridgehead atoms. The van der Waals surface area contributed by atoms with Crippen LogP contribution in [0.15, 0.2) is 53.4 Å². The molecule has 7 heteroatoms. The molecule has 0 fully saturated rings. The number of hydrogen-bond donors (Lipinski definition) is 1. The zero-order valence-electron chi connectivity index (χ0n) is 14.9. The van der Waals surface area contributed by atoms with Gasteiger partial charge in [0, 0.05) is 37.4 Å². The van der Waals surface area contributed by atoms with Crippen LogP contribution in [0.2, 0.25) is 5.02 Å². The molecule has 0 saturated heterocycles. The summed E-state index contributed by atoms with van der Waals surface area (Å²) in [7, 11) is 4.25. The van der Waals surface area contributed by atoms with Gasteiger partial charge in [-0.05, 0) is 56.1 Å². The molecule has 5 nitrogen and oxygen atoms in total. The molecule has 25 heavy (non-hydrogen) atoms. The molecule has 136 valence electrons. The minimum absolute atomic E-state index is 0.0710. The van der Waals surface area contributed by atoms with Crippen LogP contribution in [-0.4, -0.2) is 48.1 Å². The van der Waals surface area contributed by atoms with Crippen LogP contribution in [0, 0.1) is 0 Å². The van der Waals surface area contributed by atoms with Crippen molar-refractivity contribution in [1.29, 1.82) is 0 Å². The summed E-state index contributed by atoms with van der Waals surface area (Å²) >= 11 is 5.82. The Balaban J connectivity index is 2.15. The van der Waals surface area contributed by atoms with Gasteiger partial charge in [-0.1, -0.05) is 23.7 Å². The maximum atomic E-state index is 12.5. The van der Waals surface area contributed by atoms with Gasteiger partial charge in [0.05, 0.1) is 4.90 Å². The van der Waals surface area contributed by atoms with Gasteiger partial charge < -0.3 is 9.80 Å². The fourth-order valence-corrected chi connectivity index (χ4v) is 3.64. The lowest BCUT2D eigenvalue weighted by molar-refractivity contribution is 0.299. The molecule has 0 aliphatic heterocycles. The third kappa shape index (κ3) is 5.19. The monoisotopic (exact) mass is 381 g/mol. The number of sulfonamides is 1. The molecule has 0 aliphatic rings. The second kappa shape index (κ2) is 8.19. The van der Waals surface area contributed by atoms with Gasteiger partial charge in [-0.3, -0.25) is 0 Å². The summed E-state index contributed by atoms with van der Waals surface area (Å²) in [6.07, 6.45) is 0. The molecule has 1 N–H and O–H groups in total. The van der Waals surface area contributed by atoms with Crippen LogP contribution in [0.5, 0.6) is 0 Å². The summed E-state index contributed by atoms with van der Waals surface area (Å²) < 4.78 is 27.6. The van der Waals surface area contributed by atoms with E-state index < -0.39 is 10.0 Å². The van der Waals surface area contributed by atoms with Gasteiger partial charge in [0.25, 0.3) is 0 Å². The van der Waals surface area contributed by atoms with Crippen molar-refractivity contribution in [2.75, 3.05) is 39.6 Å². The average Bonchev–Trinajstić information content (AvgIpc) is 2.55. The first kappa shape index (κ1) is 19.7. The van der Waals surface area contributed by atoms with E-state index in [2.05, 4.69) is 4.72 Å². The molecule has 2 aromatic rings. The normalized spacial score (nSPS) is 13.0. The third-order valence-electron chi connectivity index (χ3n) is 4.01. The Morgan fingerprint density at radius 1 is 0.960 bits per heavy atom. The van der Waals surface area contributed by atoms with Gasteiger partial charge >= 0.3 is 0 Å². The number of hydrogen-bond acceptors (Lipinski definition) is 4. The molecule has 2 rings (SSSR count). The maximum absolute atomic E-state index is 12.5. The Labute approximate surface area is 155 Å². The van der Waals surface area contributed by atoms with E-state index in [1.807, 2.05) is 62.3 Å². The number of anilines is 1. The number of nitrogens with one attached hydrogen (secondary N) is 1. The van der Waals surface area contributed by atoms with E-state index in [0.717, 1.165) is 11.3 Å². The van der Waals surface area contributed by atoms with Crippen LogP contribution in [-0.2, 0) is 10.0 Å². The molecule has 0 radical (unpaired) electrons. The highest BCUT2D eigenvalue weighted by Crippen LogP contribution is 2.22. The minimum atomic E-state index is -3.58. The number of benzene rings is 2. The lowest BCUT2D eigenvalue weighted by Gasteiger charge is -2.25. The largest absolute Gasteiger partial charge is 0.378 e. The van der Waals surface area contributed by atoms with E-state index in [9.17, 15) is 8.42 Å². The number of halogens is 1. The van der Waals surface area contributed by atoms with E-state index in [-0.39, 0.29) is 17.5 Å². The SMILES string of the molecule is CN(C)c1ccc([C@H](CNS(=O)(=O)c2ccc(Cl)cc2)N(C)C)cc1. The molecule has 0 heterocycles. The van der Waals surface area contributed by atoms with Crippen molar-refractivity contribution in [3.05, 3.63) is 59.1 Å². The van der Waals surface area contributed by atoms with Crippen molar-refractivity contribution < 1.29 is 8.42 Å². The summed E-state index contributed by atoms with van der Waals surface area (Å²) in [5.74, 6) is 0. The lowest BCUT2D eigenvalue weighted by atomic mass is 10.1. The molecular weight excluding hydrogens is 358 g/mol. The average molecular weight is 382 g/mol. The van der Waals surface area contributed by atoms with E-state index in [0.29, 0.717) is 5.02 Å². The number of nitrogens with zero attached hydrogens (tertiary/aromatic N) is 2. The molecule has 1 atom stereocenters. The van der Waals surface area contributed by atoms with Crippen molar-refractivity contribution in [3.8, 4) is 0 Å². The van der Waals surface area contributed by atoms with E-state index in [1.165, 1.54) is 12.1 Å². The van der Waals surface area contributed by atoms with Crippen molar-refractivity contribution in [3.63, 3.8) is 0 Å². The van der Waals surface area contributed by atoms with Crippen molar-refractivity contribution in [2.45, 2.75) is 10.9 Å². The molecular formula is C18H24ClN3O2S. The summed E-state index contributed by atoms with van der Waals surface area (Å²) in [5, 5.41) is 0.506. The molecule has 0 unspecified atom stereocenters. The van der Waals surface area contributed by atoms with Crippen molar-refractivity contribution >= 4 is 27.3 Å². The summed E-state index contributed by atoms with van der Waals surface area (Å²) in [5.41, 5.74) is 2.15. The van der Waals surface area contributed by atoms with E-state index in [1.54, 1.807) is 12.1 Å². The molecule has 0 saturated carbocycles. The van der Waals surface area contributed by atoms with Crippen LogP contribution in [0.3, 0.4) is 0 Å². The van der Waals surface area contributed by atoms with Crippen LogP contribution >= 0.6 is 11.6 Å². The summed E-state index contributed by atoms with van der Waals surface area (Å²) in [4.78, 5) is 4.23. The Morgan fingerprint density at radius 2 is 1.52 bits per heavy atom. The topological polar surface area (TPSA) is 52.7 Å². The zero-order chi connectivity index (χ0) is 18.6. The summed E-state index contributed by atoms with van der Waals surface area (Å²) in [6.45, 7) is 0.277. The van der Waals surface area contributed by atoms with Gasteiger partial charge in [0.1, 0.15) is 0 Å². The Hall–Kier alpha value is -1.60. The number of likely N-dealkylation sites (N-methyl/N-ethyl adjacent to an activating group) is 1. The molecule has 0 spiro atoms. The Morgan fingerprint density at radius 3 is 2.00 bits per heavy atom. The highest BCUT2D eigenvalue weighted by molar-refractivity contribution is 7.89. The fraction of sp³-hybridized carbons (Fsp3) is 0.333. The van der Waals surface area contributed by atoms with Gasteiger partial charge in [-0.25, -0.2) is 13.1 Å². The van der Waals surface area contributed by atoms with Crippen LogP contribution in [0.25, 0.3) is 0 Å². The zero-order valence-corrected chi connectivity index (χ0v) is 16.5. The van der Waals surface area contributed by atoms with Crippen molar-refractivity contribution in [1.82, 2.24) is 9.62 Å². The van der Waals surface area contributed by atoms with E-state index >= 15 is 0 Å². The minimum Gasteiger partial charge on any atom is -0.378 e. The standard InChI is InChI=1S/C18H24ClN3O2S/c1-21(2)16-9-5-14(6-10-16)18(22(3)4)13-20-25(23,24)17-11-7-15(19)8-12-17/h5-12,18,20H,13H2,1-4H3/t18-/m0/s1. The Bertz CT molecular complexity index is 788. The maximum Gasteiger partial charge on any atom is 0.240 e. The van der Waals surface area contributed by atoms with Crippen LogP contribution in [0.4, 0.5) is 5.69 Å². The second-order valence-electron chi connectivity index (χ2n) is 6.27. The predicted octanol–water partition coefficient (Wildman–Crippen LogP) is 2.99. The van der Waals surface area contributed by atoms with Gasteiger partial charge in [0.2, 0.25) is 10.0 Å².